The fourth-order valence-corrected chi connectivity index (χ4v) is 4.44. The molecule has 0 atom stereocenters. The van der Waals surface area contributed by atoms with E-state index in [-0.39, 0.29) is 18.3 Å². The molecule has 5 rings (SSSR count). The van der Waals surface area contributed by atoms with Crippen LogP contribution < -0.4 is 24.4 Å². The number of nitrogens with zero attached hydrogens (tertiary/aromatic N) is 5. The van der Waals surface area contributed by atoms with Crippen molar-refractivity contribution in [3.63, 3.8) is 0 Å². The zero-order valence-corrected chi connectivity index (χ0v) is 20.1. The van der Waals surface area contributed by atoms with Gasteiger partial charge in [-0.2, -0.15) is 0 Å². The summed E-state index contributed by atoms with van der Waals surface area (Å²) in [7, 11) is 0. The summed E-state index contributed by atoms with van der Waals surface area (Å²) in [6, 6.07) is 13.6. The molecule has 2 aliphatic heterocycles. The van der Waals surface area contributed by atoms with E-state index in [0.717, 1.165) is 48.0 Å². The average Bonchev–Trinajstić information content (AvgIpc) is 3.36. The van der Waals surface area contributed by atoms with Crippen LogP contribution in [0.1, 0.15) is 18.1 Å². The highest BCUT2D eigenvalue weighted by molar-refractivity contribution is 5.70. The van der Waals surface area contributed by atoms with E-state index < -0.39 is 4.92 Å². The minimum atomic E-state index is -0.412. The summed E-state index contributed by atoms with van der Waals surface area (Å²) in [6.45, 7) is 6.56. The highest BCUT2D eigenvalue weighted by Crippen LogP contribution is 2.34. The molecule has 0 bridgehead atoms. The van der Waals surface area contributed by atoms with Crippen LogP contribution in [-0.4, -0.2) is 59.4 Å². The number of aromatic nitrogens is 2. The van der Waals surface area contributed by atoms with Gasteiger partial charge in [0.15, 0.2) is 11.5 Å². The van der Waals surface area contributed by atoms with Crippen molar-refractivity contribution in [1.29, 1.82) is 0 Å². The molecule has 0 unspecified atom stereocenters. The highest BCUT2D eigenvalue weighted by Gasteiger charge is 2.29. The summed E-state index contributed by atoms with van der Waals surface area (Å²) in [5.41, 5.74) is 1.92. The van der Waals surface area contributed by atoms with Crippen LogP contribution in [0.15, 0.2) is 48.8 Å². The molecule has 3 heterocycles. The monoisotopic (exact) mass is 492 g/mol. The third-order valence-electron chi connectivity index (χ3n) is 6.22. The lowest BCUT2D eigenvalue weighted by molar-refractivity contribution is -0.383. The van der Waals surface area contributed by atoms with Gasteiger partial charge in [-0.25, -0.2) is 9.97 Å². The first-order chi connectivity index (χ1) is 17.6. The molecule has 0 saturated carbocycles. The first-order valence-corrected chi connectivity index (χ1v) is 11.9. The number of hydrogen-bond acceptors (Lipinski definition) is 10. The van der Waals surface area contributed by atoms with Crippen LogP contribution in [0, 0.1) is 10.1 Å². The molecular formula is C25H28N6O5. The smallest absolute Gasteiger partial charge is 0.353 e. The van der Waals surface area contributed by atoms with E-state index >= 15 is 0 Å². The molecule has 1 aromatic heterocycles. The zero-order valence-electron chi connectivity index (χ0n) is 20.1. The fourth-order valence-electron chi connectivity index (χ4n) is 4.44. The maximum atomic E-state index is 12.1. The topological polar surface area (TPSA) is 115 Å². The van der Waals surface area contributed by atoms with Crippen molar-refractivity contribution < 1.29 is 19.1 Å². The van der Waals surface area contributed by atoms with Gasteiger partial charge in [0.05, 0.1) is 11.5 Å². The molecule has 1 saturated heterocycles. The van der Waals surface area contributed by atoms with Crippen LogP contribution in [0.3, 0.4) is 0 Å². The van der Waals surface area contributed by atoms with E-state index in [2.05, 4.69) is 20.2 Å². The molecule has 1 fully saturated rings. The van der Waals surface area contributed by atoms with Gasteiger partial charge in [0.25, 0.3) is 0 Å². The second kappa shape index (κ2) is 10.6. The molecule has 0 aliphatic carbocycles. The van der Waals surface area contributed by atoms with Crippen LogP contribution in [0.4, 0.5) is 17.3 Å². The second-order valence-electron chi connectivity index (χ2n) is 8.50. The number of benzene rings is 2. The maximum absolute atomic E-state index is 12.1. The first kappa shape index (κ1) is 23.6. The number of nitro groups is 1. The van der Waals surface area contributed by atoms with E-state index in [1.807, 2.05) is 54.3 Å². The predicted octanol–water partition coefficient (Wildman–Crippen LogP) is 3.45. The molecule has 11 heteroatoms. The van der Waals surface area contributed by atoms with Crippen molar-refractivity contribution in [1.82, 2.24) is 14.9 Å². The number of hydrogen-bond donors (Lipinski definition) is 1. The summed E-state index contributed by atoms with van der Waals surface area (Å²) in [6.07, 6.45) is 1.37. The lowest BCUT2D eigenvalue weighted by atomic mass is 10.1. The molecule has 3 aromatic rings. The average molecular weight is 493 g/mol. The Kier molecular flexibility index (Phi) is 6.99. The molecule has 188 valence electrons. The van der Waals surface area contributed by atoms with Crippen LogP contribution in [0.5, 0.6) is 17.2 Å². The number of piperazine rings is 1. The standard InChI is InChI=1S/C25H28N6O5/c1-2-34-20-6-4-3-5-19(20)14-26-24-23(31(32)33)25(28-16-27-24)30-11-9-29(10-12-30)15-18-7-8-21-22(13-18)36-17-35-21/h3-8,13,16H,2,9-12,14-15,17H2,1H3,(H,26,27,28). The van der Waals surface area contributed by atoms with Crippen LogP contribution in [0.2, 0.25) is 0 Å². The molecule has 11 nitrogen and oxygen atoms in total. The molecule has 2 aromatic carbocycles. The van der Waals surface area contributed by atoms with Crippen molar-refractivity contribution in [3.8, 4) is 17.2 Å². The lowest BCUT2D eigenvalue weighted by Gasteiger charge is -2.35. The third-order valence-corrected chi connectivity index (χ3v) is 6.22. The van der Waals surface area contributed by atoms with E-state index in [9.17, 15) is 10.1 Å². The van der Waals surface area contributed by atoms with Crippen LogP contribution in [-0.2, 0) is 13.1 Å². The Morgan fingerprint density at radius 3 is 2.69 bits per heavy atom. The van der Waals surface area contributed by atoms with Crippen LogP contribution in [0.25, 0.3) is 0 Å². The van der Waals surface area contributed by atoms with Crippen molar-refractivity contribution in [2.45, 2.75) is 20.0 Å². The summed E-state index contributed by atoms with van der Waals surface area (Å²) in [4.78, 5) is 24.4. The zero-order chi connectivity index (χ0) is 24.9. The first-order valence-electron chi connectivity index (χ1n) is 11.9. The van der Waals surface area contributed by atoms with E-state index in [1.165, 1.54) is 6.33 Å². The van der Waals surface area contributed by atoms with Gasteiger partial charge in [0.1, 0.15) is 12.1 Å². The molecular weight excluding hydrogens is 464 g/mol. The number of rotatable bonds is 9. The van der Waals surface area contributed by atoms with Gasteiger partial charge in [-0.1, -0.05) is 24.3 Å². The Morgan fingerprint density at radius 2 is 1.89 bits per heavy atom. The summed E-state index contributed by atoms with van der Waals surface area (Å²) >= 11 is 0. The van der Waals surface area contributed by atoms with E-state index in [1.54, 1.807) is 0 Å². The van der Waals surface area contributed by atoms with Crippen molar-refractivity contribution in [2.75, 3.05) is 49.8 Å². The summed E-state index contributed by atoms with van der Waals surface area (Å²) in [5, 5.41) is 15.2. The number of ether oxygens (including phenoxy) is 3. The molecule has 0 radical (unpaired) electrons. The Hall–Kier alpha value is -4.12. The minimum absolute atomic E-state index is 0.115. The van der Waals surface area contributed by atoms with Gasteiger partial charge in [0.2, 0.25) is 18.4 Å². The largest absolute Gasteiger partial charge is 0.494 e. The highest BCUT2D eigenvalue weighted by atomic mass is 16.7. The Labute approximate surface area is 208 Å². The number of para-hydroxylation sites is 1. The second-order valence-corrected chi connectivity index (χ2v) is 8.50. The minimum Gasteiger partial charge on any atom is -0.494 e. The van der Waals surface area contributed by atoms with Gasteiger partial charge >= 0.3 is 5.69 Å². The van der Waals surface area contributed by atoms with Gasteiger partial charge in [-0.15, -0.1) is 0 Å². The van der Waals surface area contributed by atoms with Gasteiger partial charge in [-0.05, 0) is 30.7 Å². The van der Waals surface area contributed by atoms with Crippen molar-refractivity contribution in [2.24, 2.45) is 0 Å². The Morgan fingerprint density at radius 1 is 1.08 bits per heavy atom. The number of anilines is 2. The maximum Gasteiger partial charge on any atom is 0.353 e. The summed E-state index contributed by atoms with van der Waals surface area (Å²) < 4.78 is 16.5. The molecule has 36 heavy (non-hydrogen) atoms. The molecule has 0 amide bonds. The van der Waals surface area contributed by atoms with Crippen molar-refractivity contribution >= 4 is 17.3 Å². The lowest BCUT2D eigenvalue weighted by Crippen LogP contribution is -2.46. The predicted molar refractivity (Wildman–Crippen MR) is 134 cm³/mol. The number of fused-ring (bicyclic) bond motifs is 1. The third kappa shape index (κ3) is 5.10. The molecule has 0 spiro atoms. The van der Waals surface area contributed by atoms with E-state index in [0.29, 0.717) is 32.1 Å². The van der Waals surface area contributed by atoms with Gasteiger partial charge < -0.3 is 24.4 Å². The SMILES string of the molecule is CCOc1ccccc1CNc1ncnc(N2CCN(Cc3ccc4c(c3)OCO4)CC2)c1[N+](=O)[O-]. The van der Waals surface area contributed by atoms with Gasteiger partial charge in [-0.3, -0.25) is 15.0 Å². The Balaban J connectivity index is 1.26. The summed E-state index contributed by atoms with van der Waals surface area (Å²) in [5.74, 6) is 2.80. The molecule has 1 N–H and O–H groups in total. The fraction of sp³-hybridized carbons (Fsp3) is 0.360. The van der Waals surface area contributed by atoms with Crippen molar-refractivity contribution in [3.05, 3.63) is 70.0 Å². The quantitative estimate of drug-likeness (QED) is 0.352. The normalized spacial score (nSPS) is 15.1. The number of nitrogens with one attached hydrogen (secondary N) is 1. The van der Waals surface area contributed by atoms with Gasteiger partial charge in [0, 0.05) is 44.8 Å². The van der Waals surface area contributed by atoms with Crippen LogP contribution >= 0.6 is 0 Å². The Bertz CT molecular complexity index is 1230. The van der Waals surface area contributed by atoms with E-state index in [4.69, 9.17) is 14.2 Å². The molecule has 2 aliphatic rings.